The van der Waals surface area contributed by atoms with Crippen LogP contribution < -0.4 is 9.64 Å². The first-order chi connectivity index (χ1) is 35.7. The fourth-order valence-electron chi connectivity index (χ4n) is 13.1. The molecule has 1 heterocycles. The molecule has 0 fully saturated rings. The fourth-order valence-corrected chi connectivity index (χ4v) is 13.1. The topological polar surface area (TPSA) is 12.5 Å². The van der Waals surface area contributed by atoms with Crippen molar-refractivity contribution in [3.8, 4) is 44.9 Å². The minimum atomic E-state index is -0.666. The lowest BCUT2D eigenvalue weighted by Gasteiger charge is -2.40. The van der Waals surface area contributed by atoms with Crippen LogP contribution in [0, 0.1) is 0 Å². The summed E-state index contributed by atoms with van der Waals surface area (Å²) in [4.78, 5) is 2.47. The van der Waals surface area contributed by atoms with Gasteiger partial charge in [-0.15, -0.1) is 0 Å². The van der Waals surface area contributed by atoms with Crippen LogP contribution in [0.15, 0.2) is 273 Å². The number of nitrogens with zero attached hydrogens (tertiary/aromatic N) is 1. The molecule has 0 saturated carbocycles. The van der Waals surface area contributed by atoms with Gasteiger partial charge in [0.15, 0.2) is 0 Å². The van der Waals surface area contributed by atoms with Crippen LogP contribution in [0.1, 0.15) is 44.5 Å². The zero-order valence-electron chi connectivity index (χ0n) is 39.3. The lowest BCUT2D eigenvalue weighted by molar-refractivity contribution is 0.447. The molecule has 0 amide bonds. The Balaban J connectivity index is 0.978. The van der Waals surface area contributed by atoms with Gasteiger partial charge in [-0.25, -0.2) is 0 Å². The van der Waals surface area contributed by atoms with Gasteiger partial charge < -0.3 is 9.64 Å². The first-order valence-corrected chi connectivity index (χ1v) is 25.0. The third-order valence-corrected chi connectivity index (χ3v) is 16.0. The predicted molar refractivity (Wildman–Crippen MR) is 296 cm³/mol. The summed E-state index contributed by atoms with van der Waals surface area (Å²) in [5.41, 5.74) is 19.3. The molecule has 12 aromatic rings. The second-order valence-corrected chi connectivity index (χ2v) is 19.4. The van der Waals surface area contributed by atoms with E-state index in [0.717, 1.165) is 72.4 Å². The molecule has 2 heteroatoms. The normalized spacial score (nSPS) is 13.9. The van der Waals surface area contributed by atoms with Gasteiger partial charge in [-0.05, 0) is 108 Å². The zero-order chi connectivity index (χ0) is 47.4. The molecule has 0 bridgehead atoms. The highest BCUT2D eigenvalue weighted by molar-refractivity contribution is 6.01. The lowest BCUT2D eigenvalue weighted by Crippen LogP contribution is -2.32. The van der Waals surface area contributed by atoms with E-state index in [9.17, 15) is 0 Å². The van der Waals surface area contributed by atoms with Crippen molar-refractivity contribution < 1.29 is 4.74 Å². The molecule has 2 nitrogen and oxygen atoms in total. The number of ether oxygens (including phenoxy) is 1. The molecule has 0 saturated heterocycles. The summed E-state index contributed by atoms with van der Waals surface area (Å²) >= 11 is 0. The molecule has 336 valence electrons. The van der Waals surface area contributed by atoms with Gasteiger partial charge in [0, 0.05) is 38.8 Å². The van der Waals surface area contributed by atoms with Gasteiger partial charge in [-0.1, -0.05) is 237 Å². The Bertz CT molecular complexity index is 4010. The SMILES string of the molecule is c1ccc(N(c2ccc3c(c2)C(c2ccccc2)(c2ccccc2)c2ccccc2-3)c2ccccc2-c2ccc3c(c2)C2(c4ccccc4-3)c3ccc4ccccc4c3Oc3c2ccc2ccccc32)cc1. The maximum atomic E-state index is 7.30. The summed E-state index contributed by atoms with van der Waals surface area (Å²) in [5, 5.41) is 4.54. The lowest BCUT2D eigenvalue weighted by atomic mass is 9.65. The second-order valence-electron chi connectivity index (χ2n) is 19.4. The largest absolute Gasteiger partial charge is 0.455 e. The molecule has 0 unspecified atom stereocenters. The summed E-state index contributed by atoms with van der Waals surface area (Å²) in [7, 11) is 0. The minimum absolute atomic E-state index is 0.539. The molecule has 0 radical (unpaired) electrons. The summed E-state index contributed by atoms with van der Waals surface area (Å²) in [6, 6.07) is 101. The van der Waals surface area contributed by atoms with Crippen LogP contribution in [0.2, 0.25) is 0 Å². The highest BCUT2D eigenvalue weighted by atomic mass is 16.5. The fraction of sp³-hybridized carbons (Fsp3) is 0.0286. The molecule has 2 aliphatic carbocycles. The van der Waals surface area contributed by atoms with E-state index in [2.05, 4.69) is 278 Å². The monoisotopic (exact) mass is 915 g/mol. The summed E-state index contributed by atoms with van der Waals surface area (Å²) < 4.78 is 7.30. The van der Waals surface area contributed by atoms with Crippen LogP contribution in [0.3, 0.4) is 0 Å². The summed E-state index contributed by atoms with van der Waals surface area (Å²) in [6.45, 7) is 0. The van der Waals surface area contributed by atoms with Crippen molar-refractivity contribution in [1.82, 2.24) is 0 Å². The van der Waals surface area contributed by atoms with Crippen LogP contribution in [-0.2, 0) is 10.8 Å². The Morgan fingerprint density at radius 2 is 0.736 bits per heavy atom. The van der Waals surface area contributed by atoms with Crippen LogP contribution >= 0.6 is 0 Å². The van der Waals surface area contributed by atoms with Gasteiger partial charge in [-0.3, -0.25) is 0 Å². The number of anilines is 3. The summed E-state index contributed by atoms with van der Waals surface area (Å²) in [5.74, 6) is 1.84. The third-order valence-electron chi connectivity index (χ3n) is 16.0. The van der Waals surface area contributed by atoms with Gasteiger partial charge in [0.25, 0.3) is 0 Å². The van der Waals surface area contributed by atoms with Crippen molar-refractivity contribution in [2.45, 2.75) is 10.8 Å². The maximum Gasteiger partial charge on any atom is 0.140 e. The highest BCUT2D eigenvalue weighted by Gasteiger charge is 2.52. The molecule has 1 aliphatic heterocycles. The molecule has 72 heavy (non-hydrogen) atoms. The Morgan fingerprint density at radius 1 is 0.278 bits per heavy atom. The zero-order valence-corrected chi connectivity index (χ0v) is 39.3. The molecule has 1 spiro atoms. The average molecular weight is 916 g/mol. The van der Waals surface area contributed by atoms with Crippen molar-refractivity contribution in [3.05, 3.63) is 317 Å². The molecule has 3 aliphatic rings. The molecular formula is C70H45NO. The van der Waals surface area contributed by atoms with Crippen LogP contribution in [0.25, 0.3) is 54.9 Å². The summed E-state index contributed by atoms with van der Waals surface area (Å²) in [6.07, 6.45) is 0. The number of fused-ring (bicyclic) bond motifs is 16. The average Bonchev–Trinajstić information content (AvgIpc) is 3.92. The van der Waals surface area contributed by atoms with Crippen LogP contribution in [0.5, 0.6) is 11.5 Å². The van der Waals surface area contributed by atoms with Gasteiger partial charge in [0.2, 0.25) is 0 Å². The molecule has 0 N–H and O–H groups in total. The number of hydrogen-bond donors (Lipinski definition) is 0. The van der Waals surface area contributed by atoms with Crippen molar-refractivity contribution in [3.63, 3.8) is 0 Å². The van der Waals surface area contributed by atoms with Gasteiger partial charge in [0.05, 0.1) is 16.5 Å². The van der Waals surface area contributed by atoms with E-state index in [-0.39, 0.29) is 0 Å². The minimum Gasteiger partial charge on any atom is -0.455 e. The van der Waals surface area contributed by atoms with E-state index in [1.54, 1.807) is 0 Å². The smallest absolute Gasteiger partial charge is 0.140 e. The third kappa shape index (κ3) is 5.55. The second kappa shape index (κ2) is 15.6. The predicted octanol–water partition coefficient (Wildman–Crippen LogP) is 18.0. The van der Waals surface area contributed by atoms with E-state index in [1.165, 1.54) is 55.6 Å². The number of para-hydroxylation sites is 2. The molecule has 15 rings (SSSR count). The quantitative estimate of drug-likeness (QED) is 0.165. The Hall–Kier alpha value is -9.24. The Labute approximate surface area is 419 Å². The molecular weight excluding hydrogens is 871 g/mol. The van der Waals surface area contributed by atoms with Crippen molar-refractivity contribution in [1.29, 1.82) is 0 Å². The van der Waals surface area contributed by atoms with E-state index in [1.807, 2.05) is 0 Å². The molecule has 0 atom stereocenters. The van der Waals surface area contributed by atoms with Crippen LogP contribution in [0.4, 0.5) is 17.1 Å². The van der Waals surface area contributed by atoms with Crippen molar-refractivity contribution >= 4 is 38.6 Å². The van der Waals surface area contributed by atoms with Gasteiger partial charge in [-0.2, -0.15) is 0 Å². The number of hydrogen-bond acceptors (Lipinski definition) is 2. The molecule has 0 aromatic heterocycles. The highest BCUT2D eigenvalue weighted by Crippen LogP contribution is 2.65. The van der Waals surface area contributed by atoms with Gasteiger partial charge in [0.1, 0.15) is 11.5 Å². The van der Waals surface area contributed by atoms with E-state index >= 15 is 0 Å². The van der Waals surface area contributed by atoms with Crippen LogP contribution in [-0.4, -0.2) is 0 Å². The van der Waals surface area contributed by atoms with Crippen molar-refractivity contribution in [2.75, 3.05) is 4.90 Å². The number of benzene rings is 12. The maximum absolute atomic E-state index is 7.30. The standard InChI is InChI=1S/C70H45NO/c1-4-22-49(23-5-1)69(50-24-6-2-7-25-50)60-33-17-14-31-56(60)59-41-39-52(45-65(59)69)71(51-26-8-3-9-27-51)66-35-19-16-28-53(66)48-36-40-58-57-32-15-18-34-61(57)70(64(58)44-48)62-42-37-46-20-10-12-29-54(46)67(62)72-68-55-30-13-11-21-47(55)38-43-63(68)70/h1-45H. The first kappa shape index (κ1) is 40.6. The number of rotatable bonds is 6. The Morgan fingerprint density at radius 3 is 1.35 bits per heavy atom. The molecule has 12 aromatic carbocycles. The van der Waals surface area contributed by atoms with Crippen molar-refractivity contribution in [2.24, 2.45) is 0 Å². The van der Waals surface area contributed by atoms with E-state index in [0.29, 0.717) is 0 Å². The Kier molecular flexibility index (Phi) is 8.82. The van der Waals surface area contributed by atoms with E-state index in [4.69, 9.17) is 4.74 Å². The van der Waals surface area contributed by atoms with Gasteiger partial charge >= 0.3 is 0 Å². The first-order valence-electron chi connectivity index (χ1n) is 25.0. The van der Waals surface area contributed by atoms with E-state index < -0.39 is 10.8 Å².